The van der Waals surface area contributed by atoms with Crippen LogP contribution in [0.15, 0.2) is 42.9 Å². The molecule has 1 aromatic carbocycles. The molecule has 2 N–H and O–H groups in total. The maximum absolute atomic E-state index is 12.9. The summed E-state index contributed by atoms with van der Waals surface area (Å²) in [6.45, 7) is 0.794. The minimum Gasteiger partial charge on any atom is -0.372 e. The van der Waals surface area contributed by atoms with E-state index in [-0.39, 0.29) is 11.9 Å². The minimum absolute atomic E-state index is 0.0336. The quantitative estimate of drug-likeness (QED) is 0.741. The highest BCUT2D eigenvalue weighted by molar-refractivity contribution is 5.84. The summed E-state index contributed by atoms with van der Waals surface area (Å²) in [5.41, 5.74) is 3.18. The van der Waals surface area contributed by atoms with Gasteiger partial charge in [0.1, 0.15) is 5.82 Å². The van der Waals surface area contributed by atoms with Gasteiger partial charge >= 0.3 is 0 Å². The van der Waals surface area contributed by atoms with Gasteiger partial charge in [0.25, 0.3) is 0 Å². The summed E-state index contributed by atoms with van der Waals surface area (Å²) in [5.74, 6) is 0.926. The fraction of sp³-hybridized carbons (Fsp3) is 0.350. The van der Waals surface area contributed by atoms with Crippen molar-refractivity contribution in [2.24, 2.45) is 0 Å². The van der Waals surface area contributed by atoms with Crippen molar-refractivity contribution in [3.8, 4) is 0 Å². The van der Waals surface area contributed by atoms with Crippen LogP contribution in [0.1, 0.15) is 36.6 Å². The number of hydrogen-bond donors (Lipinski definition) is 2. The number of nitrogens with zero attached hydrogens (tertiary/aromatic N) is 3. The van der Waals surface area contributed by atoms with E-state index >= 15 is 0 Å². The van der Waals surface area contributed by atoms with Crippen molar-refractivity contribution >= 4 is 22.6 Å². The van der Waals surface area contributed by atoms with Crippen LogP contribution >= 0.6 is 0 Å². The van der Waals surface area contributed by atoms with E-state index in [0.29, 0.717) is 6.42 Å². The number of amides is 1. The van der Waals surface area contributed by atoms with E-state index in [9.17, 15) is 4.79 Å². The standard InChI is InChI=1S/C20H23N5O/c1-21-19-13-22-12-17(24-19)18-7-4-10-25(18)20(26)9-8-14-11-23-16-6-3-2-5-15(14)16/h2-3,5-6,11-13,18,23H,4,7-10H2,1H3,(H,21,24). The minimum atomic E-state index is 0.0336. The van der Waals surface area contributed by atoms with Crippen LogP contribution in [0.5, 0.6) is 0 Å². The molecular weight excluding hydrogens is 326 g/mol. The van der Waals surface area contributed by atoms with E-state index in [2.05, 4.69) is 32.4 Å². The number of aromatic nitrogens is 3. The molecule has 1 saturated heterocycles. The fourth-order valence-corrected chi connectivity index (χ4v) is 3.76. The van der Waals surface area contributed by atoms with E-state index in [1.165, 1.54) is 10.9 Å². The lowest BCUT2D eigenvalue weighted by Crippen LogP contribution is -2.31. The summed E-state index contributed by atoms with van der Waals surface area (Å²) < 4.78 is 0. The molecule has 1 aliphatic heterocycles. The SMILES string of the molecule is CNc1cncc(C2CCCN2C(=O)CCc2c[nH]c3ccccc23)n1. The zero-order valence-corrected chi connectivity index (χ0v) is 14.9. The Kier molecular flexibility index (Phi) is 4.56. The van der Waals surface area contributed by atoms with Crippen molar-refractivity contribution < 1.29 is 4.79 Å². The van der Waals surface area contributed by atoms with Gasteiger partial charge in [-0.25, -0.2) is 4.98 Å². The molecule has 0 saturated carbocycles. The maximum Gasteiger partial charge on any atom is 0.223 e. The summed E-state index contributed by atoms with van der Waals surface area (Å²) in [4.78, 5) is 26.9. The van der Waals surface area contributed by atoms with Crippen molar-refractivity contribution in [2.75, 3.05) is 18.9 Å². The molecule has 26 heavy (non-hydrogen) atoms. The monoisotopic (exact) mass is 349 g/mol. The van der Waals surface area contributed by atoms with E-state index in [4.69, 9.17) is 0 Å². The first-order chi connectivity index (χ1) is 12.8. The summed E-state index contributed by atoms with van der Waals surface area (Å²) in [7, 11) is 1.83. The first-order valence-electron chi connectivity index (χ1n) is 9.10. The van der Waals surface area contributed by atoms with Crippen LogP contribution in [-0.2, 0) is 11.2 Å². The Morgan fingerprint density at radius 3 is 3.12 bits per heavy atom. The van der Waals surface area contributed by atoms with Gasteiger partial charge in [-0.05, 0) is 30.9 Å². The molecule has 1 fully saturated rings. The van der Waals surface area contributed by atoms with Crippen LogP contribution in [0.25, 0.3) is 10.9 Å². The number of aryl methyl sites for hydroxylation is 1. The normalized spacial score (nSPS) is 17.0. The summed E-state index contributed by atoms with van der Waals surface area (Å²) >= 11 is 0. The van der Waals surface area contributed by atoms with Crippen LogP contribution in [0.4, 0.5) is 5.82 Å². The molecule has 1 amide bonds. The Hall–Kier alpha value is -2.89. The van der Waals surface area contributed by atoms with E-state index in [0.717, 1.165) is 42.8 Å². The predicted molar refractivity (Wildman–Crippen MR) is 102 cm³/mol. The van der Waals surface area contributed by atoms with Gasteiger partial charge in [0, 0.05) is 37.1 Å². The number of anilines is 1. The Labute approximate surface area is 152 Å². The van der Waals surface area contributed by atoms with Gasteiger partial charge < -0.3 is 15.2 Å². The number of carbonyl (C=O) groups is 1. The summed E-state index contributed by atoms with van der Waals surface area (Å²) in [5, 5.41) is 4.21. The lowest BCUT2D eigenvalue weighted by atomic mass is 10.1. The molecule has 1 atom stereocenters. The van der Waals surface area contributed by atoms with E-state index < -0.39 is 0 Å². The number of likely N-dealkylation sites (tertiary alicyclic amines) is 1. The zero-order chi connectivity index (χ0) is 17.9. The number of benzene rings is 1. The molecule has 0 aliphatic carbocycles. The topological polar surface area (TPSA) is 73.9 Å². The van der Waals surface area contributed by atoms with E-state index in [1.807, 2.05) is 30.3 Å². The van der Waals surface area contributed by atoms with Crippen LogP contribution < -0.4 is 5.32 Å². The number of fused-ring (bicyclic) bond motifs is 1. The number of aromatic amines is 1. The Morgan fingerprint density at radius 1 is 1.35 bits per heavy atom. The Bertz CT molecular complexity index is 919. The van der Waals surface area contributed by atoms with Crippen LogP contribution in [0.2, 0.25) is 0 Å². The van der Waals surface area contributed by atoms with Gasteiger partial charge in [-0.3, -0.25) is 9.78 Å². The van der Waals surface area contributed by atoms with Gasteiger partial charge in [0.15, 0.2) is 0 Å². The molecule has 0 radical (unpaired) electrons. The molecule has 134 valence electrons. The second kappa shape index (κ2) is 7.15. The molecule has 1 aliphatic rings. The second-order valence-corrected chi connectivity index (χ2v) is 6.68. The smallest absolute Gasteiger partial charge is 0.223 e. The number of H-pyrrole nitrogens is 1. The Balaban J connectivity index is 1.46. The van der Waals surface area contributed by atoms with Crippen LogP contribution in [0, 0.1) is 0 Å². The molecule has 3 aromatic rings. The molecule has 6 nitrogen and oxygen atoms in total. The highest BCUT2D eigenvalue weighted by atomic mass is 16.2. The van der Waals surface area contributed by atoms with Gasteiger partial charge in [0.2, 0.25) is 5.91 Å². The first kappa shape index (κ1) is 16.6. The zero-order valence-electron chi connectivity index (χ0n) is 14.9. The number of para-hydroxylation sites is 1. The molecule has 2 aromatic heterocycles. The molecule has 0 spiro atoms. The van der Waals surface area contributed by atoms with Gasteiger partial charge in [-0.2, -0.15) is 0 Å². The average Bonchev–Trinajstić information content (AvgIpc) is 3.33. The maximum atomic E-state index is 12.9. The summed E-state index contributed by atoms with van der Waals surface area (Å²) in [6.07, 6.45) is 8.70. The number of carbonyl (C=O) groups excluding carboxylic acids is 1. The molecule has 0 bridgehead atoms. The largest absolute Gasteiger partial charge is 0.372 e. The van der Waals surface area contributed by atoms with Gasteiger partial charge in [-0.1, -0.05) is 18.2 Å². The second-order valence-electron chi connectivity index (χ2n) is 6.68. The first-order valence-corrected chi connectivity index (χ1v) is 9.10. The molecule has 6 heteroatoms. The lowest BCUT2D eigenvalue weighted by molar-refractivity contribution is -0.132. The molecule has 4 rings (SSSR count). The fourth-order valence-electron chi connectivity index (χ4n) is 3.76. The molecular formula is C20H23N5O. The van der Waals surface area contributed by atoms with Crippen LogP contribution in [-0.4, -0.2) is 39.4 Å². The number of rotatable bonds is 5. The third-order valence-corrected chi connectivity index (χ3v) is 5.11. The van der Waals surface area contributed by atoms with Gasteiger partial charge in [-0.15, -0.1) is 0 Å². The predicted octanol–water partition coefficient (Wildman–Crippen LogP) is 3.30. The van der Waals surface area contributed by atoms with Crippen molar-refractivity contribution in [1.82, 2.24) is 19.9 Å². The van der Waals surface area contributed by atoms with Crippen molar-refractivity contribution in [1.29, 1.82) is 0 Å². The van der Waals surface area contributed by atoms with Crippen molar-refractivity contribution in [2.45, 2.75) is 31.7 Å². The molecule has 3 heterocycles. The highest BCUT2D eigenvalue weighted by Gasteiger charge is 2.31. The van der Waals surface area contributed by atoms with Gasteiger partial charge in [0.05, 0.1) is 24.1 Å². The average molecular weight is 349 g/mol. The number of nitrogens with one attached hydrogen (secondary N) is 2. The van der Waals surface area contributed by atoms with Crippen LogP contribution in [0.3, 0.4) is 0 Å². The third-order valence-electron chi connectivity index (χ3n) is 5.11. The molecule has 1 unspecified atom stereocenters. The van der Waals surface area contributed by atoms with Crippen molar-refractivity contribution in [3.05, 3.63) is 54.1 Å². The van der Waals surface area contributed by atoms with Crippen molar-refractivity contribution in [3.63, 3.8) is 0 Å². The third kappa shape index (κ3) is 3.14. The summed E-state index contributed by atoms with van der Waals surface area (Å²) in [6, 6.07) is 8.24. The highest BCUT2D eigenvalue weighted by Crippen LogP contribution is 2.32. The van der Waals surface area contributed by atoms with E-state index in [1.54, 1.807) is 12.4 Å². The Morgan fingerprint density at radius 2 is 2.23 bits per heavy atom. The number of hydrogen-bond acceptors (Lipinski definition) is 4. The lowest BCUT2D eigenvalue weighted by Gasteiger charge is -2.24.